The summed E-state index contributed by atoms with van der Waals surface area (Å²) in [5.41, 5.74) is -1.66. The third-order valence-electron chi connectivity index (χ3n) is 6.00. The number of alkyl halides is 3. The molecule has 0 spiro atoms. The zero-order valence-corrected chi connectivity index (χ0v) is 20.2. The van der Waals surface area contributed by atoms with Crippen LogP contribution in [-0.2, 0) is 12.7 Å². The molecule has 4 heterocycles. The third kappa shape index (κ3) is 5.17. The summed E-state index contributed by atoms with van der Waals surface area (Å²) in [6.45, 7) is 5.56. The van der Waals surface area contributed by atoms with Gasteiger partial charge in [-0.3, -0.25) is 14.6 Å². The minimum atomic E-state index is -4.91. The summed E-state index contributed by atoms with van der Waals surface area (Å²) in [4.78, 5) is 35.3. The van der Waals surface area contributed by atoms with Crippen LogP contribution in [0.15, 0.2) is 41.6 Å². The molecule has 0 unspecified atom stereocenters. The Morgan fingerprint density at radius 2 is 1.95 bits per heavy atom. The van der Waals surface area contributed by atoms with E-state index in [4.69, 9.17) is 0 Å². The summed E-state index contributed by atoms with van der Waals surface area (Å²) in [7, 11) is 0. The number of pyridine rings is 3. The zero-order valence-electron chi connectivity index (χ0n) is 20.2. The molecule has 37 heavy (non-hydrogen) atoms. The van der Waals surface area contributed by atoms with E-state index in [2.05, 4.69) is 21.4 Å². The Balaban J connectivity index is 1.64. The Morgan fingerprint density at radius 3 is 2.54 bits per heavy atom. The van der Waals surface area contributed by atoms with Crippen LogP contribution < -0.4 is 15.8 Å². The first-order valence-electron chi connectivity index (χ1n) is 11.3. The van der Waals surface area contributed by atoms with Gasteiger partial charge in [-0.1, -0.05) is 0 Å². The zero-order chi connectivity index (χ0) is 27.1. The van der Waals surface area contributed by atoms with Gasteiger partial charge in [0, 0.05) is 48.8 Å². The van der Waals surface area contributed by atoms with Gasteiger partial charge < -0.3 is 19.9 Å². The van der Waals surface area contributed by atoms with E-state index < -0.39 is 28.8 Å². The first kappa shape index (κ1) is 25.8. The van der Waals surface area contributed by atoms with E-state index in [0.717, 1.165) is 10.8 Å². The molecule has 3 aromatic rings. The number of nitrogens with zero attached hydrogens (tertiary/aromatic N) is 5. The number of aromatic nitrogens is 3. The minimum absolute atomic E-state index is 0.0432. The van der Waals surface area contributed by atoms with Crippen molar-refractivity contribution in [2.45, 2.75) is 39.1 Å². The van der Waals surface area contributed by atoms with Crippen LogP contribution in [0, 0.1) is 18.3 Å². The molecule has 0 saturated carbocycles. The average Bonchev–Trinajstić information content (AvgIpc) is 2.82. The Kier molecular flexibility index (Phi) is 6.51. The highest BCUT2D eigenvalue weighted by atomic mass is 19.4. The Labute approximate surface area is 209 Å². The number of rotatable bonds is 5. The van der Waals surface area contributed by atoms with E-state index in [-0.39, 0.29) is 17.8 Å². The Bertz CT molecular complexity index is 1480. The number of aryl methyl sites for hydroxylation is 2. The Hall–Kier alpha value is -4.24. The van der Waals surface area contributed by atoms with Crippen molar-refractivity contribution in [3.8, 4) is 17.2 Å². The summed E-state index contributed by atoms with van der Waals surface area (Å²) in [6, 6.07) is 5.84. The molecule has 9 nitrogen and oxygen atoms in total. The van der Waals surface area contributed by atoms with Gasteiger partial charge in [-0.15, -0.1) is 0 Å². The van der Waals surface area contributed by atoms with Crippen LogP contribution in [0.3, 0.4) is 0 Å². The van der Waals surface area contributed by atoms with E-state index in [9.17, 15) is 33.1 Å². The molecule has 1 amide bonds. The minimum Gasteiger partial charge on any atom is -0.386 e. The van der Waals surface area contributed by atoms with Gasteiger partial charge >= 0.3 is 6.18 Å². The van der Waals surface area contributed by atoms with Crippen LogP contribution in [0.5, 0.6) is 0 Å². The molecule has 1 saturated heterocycles. The molecule has 0 radical (unpaired) electrons. The van der Waals surface area contributed by atoms with Crippen LogP contribution in [-0.4, -0.2) is 44.2 Å². The second kappa shape index (κ2) is 9.33. The van der Waals surface area contributed by atoms with Gasteiger partial charge in [0.2, 0.25) is 0 Å². The predicted molar refractivity (Wildman–Crippen MR) is 129 cm³/mol. The predicted octanol–water partition coefficient (Wildman–Crippen LogP) is 3.35. The lowest BCUT2D eigenvalue weighted by Crippen LogP contribution is -2.60. The first-order valence-corrected chi connectivity index (χ1v) is 11.3. The molecule has 1 aliphatic heterocycles. The molecule has 0 atom stereocenters. The molecular formula is C25H23F3N6O3. The second-order valence-corrected chi connectivity index (χ2v) is 9.10. The van der Waals surface area contributed by atoms with Crippen molar-refractivity contribution in [1.82, 2.24) is 14.5 Å². The third-order valence-corrected chi connectivity index (χ3v) is 6.00. The van der Waals surface area contributed by atoms with Crippen molar-refractivity contribution >= 4 is 17.4 Å². The lowest BCUT2D eigenvalue weighted by Gasteiger charge is -2.45. The summed E-state index contributed by atoms with van der Waals surface area (Å²) in [6.07, 6.45) is -0.936. The molecule has 1 aliphatic rings. The SMILES string of the molecule is CCn1cc(C(=O)Nc2cnc(C)c(-c3cnc(N4CC(C)(O)C4)c(C#N)c3)c2)cc(C(F)(F)F)c1=O. The average molecular weight is 512 g/mol. The van der Waals surface area contributed by atoms with Gasteiger partial charge in [0.25, 0.3) is 11.5 Å². The highest BCUT2D eigenvalue weighted by Crippen LogP contribution is 2.32. The van der Waals surface area contributed by atoms with E-state index in [0.29, 0.717) is 47.4 Å². The maximum Gasteiger partial charge on any atom is 0.421 e. The van der Waals surface area contributed by atoms with E-state index in [1.54, 1.807) is 37.1 Å². The standard InChI is InChI=1S/C25H23F3N6O3/c1-4-33-11-17(6-20(23(33)36)25(26,27)28)22(35)32-18-7-19(14(2)30-10-18)16-5-15(8-29)21(31-9-16)34-12-24(3,37)13-34/h5-7,9-11,37H,4,12-13H2,1-3H3,(H,32,35). The fourth-order valence-electron chi connectivity index (χ4n) is 4.16. The lowest BCUT2D eigenvalue weighted by molar-refractivity contribution is -0.139. The van der Waals surface area contributed by atoms with Crippen molar-refractivity contribution in [1.29, 1.82) is 5.26 Å². The highest BCUT2D eigenvalue weighted by Gasteiger charge is 2.38. The fraction of sp³-hybridized carbons (Fsp3) is 0.320. The van der Waals surface area contributed by atoms with Crippen LogP contribution in [0.2, 0.25) is 0 Å². The van der Waals surface area contributed by atoms with Gasteiger partial charge in [0.15, 0.2) is 0 Å². The number of β-amino-alcohol motifs (C(OH)–C–C–N with tert-alkyl or cyclic N) is 1. The van der Waals surface area contributed by atoms with Crippen LogP contribution in [0.1, 0.15) is 41.0 Å². The number of carbonyl (C=O) groups excluding carboxylic acids is 1. The monoisotopic (exact) mass is 512 g/mol. The molecule has 2 N–H and O–H groups in total. The summed E-state index contributed by atoms with van der Waals surface area (Å²) in [5.74, 6) is -0.403. The second-order valence-electron chi connectivity index (χ2n) is 9.10. The van der Waals surface area contributed by atoms with Crippen LogP contribution >= 0.6 is 0 Å². The number of aliphatic hydroxyl groups is 1. The number of nitrogens with one attached hydrogen (secondary N) is 1. The highest BCUT2D eigenvalue weighted by molar-refractivity contribution is 6.04. The summed E-state index contributed by atoms with van der Waals surface area (Å²) in [5, 5.41) is 22.2. The maximum absolute atomic E-state index is 13.3. The first-order chi connectivity index (χ1) is 17.3. The number of nitriles is 1. The number of hydrogen-bond acceptors (Lipinski definition) is 7. The molecule has 1 fully saturated rings. The molecule has 0 aliphatic carbocycles. The Morgan fingerprint density at radius 1 is 1.24 bits per heavy atom. The van der Waals surface area contributed by atoms with Crippen molar-refractivity contribution in [3.63, 3.8) is 0 Å². The number of hydrogen-bond donors (Lipinski definition) is 2. The molecule has 0 bridgehead atoms. The molecule has 3 aromatic heterocycles. The van der Waals surface area contributed by atoms with Crippen molar-refractivity contribution in [2.24, 2.45) is 0 Å². The van der Waals surface area contributed by atoms with Gasteiger partial charge in [-0.2, -0.15) is 18.4 Å². The normalized spacial score (nSPS) is 14.6. The number of anilines is 2. The number of amides is 1. The van der Waals surface area contributed by atoms with Crippen molar-refractivity contribution < 1.29 is 23.1 Å². The topological polar surface area (TPSA) is 124 Å². The van der Waals surface area contributed by atoms with E-state index in [1.165, 1.54) is 13.1 Å². The number of carbonyl (C=O) groups is 1. The van der Waals surface area contributed by atoms with Crippen molar-refractivity contribution in [3.05, 3.63) is 69.5 Å². The summed E-state index contributed by atoms with van der Waals surface area (Å²) < 4.78 is 40.8. The fourth-order valence-corrected chi connectivity index (χ4v) is 4.16. The van der Waals surface area contributed by atoms with E-state index in [1.807, 2.05) is 0 Å². The molecule has 4 rings (SSSR count). The van der Waals surface area contributed by atoms with Gasteiger partial charge in [0.05, 0.1) is 28.6 Å². The quantitative estimate of drug-likeness (QED) is 0.537. The molecule has 12 heteroatoms. The lowest BCUT2D eigenvalue weighted by atomic mass is 9.96. The molecular weight excluding hydrogens is 489 g/mol. The molecule has 192 valence electrons. The largest absolute Gasteiger partial charge is 0.421 e. The van der Waals surface area contributed by atoms with Crippen LogP contribution in [0.25, 0.3) is 11.1 Å². The van der Waals surface area contributed by atoms with Gasteiger partial charge in [-0.25, -0.2) is 4.98 Å². The van der Waals surface area contributed by atoms with E-state index >= 15 is 0 Å². The number of halogens is 3. The van der Waals surface area contributed by atoms with Crippen molar-refractivity contribution in [2.75, 3.05) is 23.3 Å². The summed E-state index contributed by atoms with van der Waals surface area (Å²) >= 11 is 0. The van der Waals surface area contributed by atoms with Gasteiger partial charge in [0.1, 0.15) is 17.5 Å². The van der Waals surface area contributed by atoms with Gasteiger partial charge in [-0.05, 0) is 39.0 Å². The molecule has 0 aromatic carbocycles. The van der Waals surface area contributed by atoms with Crippen LogP contribution in [0.4, 0.5) is 24.7 Å². The maximum atomic E-state index is 13.3. The smallest absolute Gasteiger partial charge is 0.386 e.